The molecule has 0 amide bonds. The molecule has 0 spiro atoms. The van der Waals surface area contributed by atoms with Crippen LogP contribution in [0.4, 0.5) is 13.2 Å². The maximum Gasteiger partial charge on any atom is 0.389 e. The van der Waals surface area contributed by atoms with Crippen molar-refractivity contribution in [3.05, 3.63) is 0 Å². The third kappa shape index (κ3) is 16.5. The fraction of sp³-hybridized carbons (Fsp3) is 1.00. The number of hydrogen-bond donors (Lipinski definition) is 3. The highest BCUT2D eigenvalue weighted by atomic mass is 19.4. The molecule has 6 heteroatoms. The summed E-state index contributed by atoms with van der Waals surface area (Å²) >= 11 is 0. The first-order chi connectivity index (χ1) is 11.2. The number of nitrogens with two attached hydrogens (primary N) is 1. The number of hydrogen-bond acceptors (Lipinski definition) is 3. The van der Waals surface area contributed by atoms with Gasteiger partial charge >= 0.3 is 6.18 Å². The lowest BCUT2D eigenvalue weighted by atomic mass is 10.0. The molecule has 3 atom stereocenters. The van der Waals surface area contributed by atoms with Crippen molar-refractivity contribution in [2.24, 2.45) is 5.73 Å². The van der Waals surface area contributed by atoms with E-state index in [4.69, 9.17) is 5.73 Å². The molecule has 0 aliphatic carbocycles. The van der Waals surface area contributed by atoms with Crippen LogP contribution in [0.5, 0.6) is 0 Å². The molecule has 0 fully saturated rings. The maximum atomic E-state index is 11.9. The van der Waals surface area contributed by atoms with Crippen LogP contribution in [0.1, 0.15) is 90.4 Å². The zero-order valence-corrected chi connectivity index (χ0v) is 15.0. The van der Waals surface area contributed by atoms with Gasteiger partial charge in [0.05, 0.1) is 12.2 Å². The number of unbranched alkanes of at least 4 members (excludes halogenated alkanes) is 9. The van der Waals surface area contributed by atoms with E-state index >= 15 is 0 Å². The quantitative estimate of drug-likeness (QED) is 0.373. The van der Waals surface area contributed by atoms with Crippen molar-refractivity contribution in [3.8, 4) is 0 Å². The summed E-state index contributed by atoms with van der Waals surface area (Å²) in [7, 11) is 0. The Morgan fingerprint density at radius 2 is 1.21 bits per heavy atom. The van der Waals surface area contributed by atoms with E-state index in [1.165, 1.54) is 0 Å². The van der Waals surface area contributed by atoms with Crippen LogP contribution in [-0.4, -0.2) is 34.6 Å². The summed E-state index contributed by atoms with van der Waals surface area (Å²) in [4.78, 5) is 0. The van der Waals surface area contributed by atoms with Gasteiger partial charge in [-0.1, -0.05) is 57.8 Å². The molecular weight excluding hydrogens is 319 g/mol. The van der Waals surface area contributed by atoms with Crippen LogP contribution in [0.2, 0.25) is 0 Å². The summed E-state index contributed by atoms with van der Waals surface area (Å²) in [5, 5.41) is 19.3. The lowest BCUT2D eigenvalue weighted by molar-refractivity contribution is -0.135. The third-order valence-electron chi connectivity index (χ3n) is 4.37. The van der Waals surface area contributed by atoms with Crippen LogP contribution >= 0.6 is 0 Å². The Labute approximate surface area is 144 Å². The van der Waals surface area contributed by atoms with E-state index in [1.54, 1.807) is 6.92 Å². The van der Waals surface area contributed by atoms with Gasteiger partial charge in [0.15, 0.2) is 0 Å². The van der Waals surface area contributed by atoms with Gasteiger partial charge < -0.3 is 15.9 Å². The summed E-state index contributed by atoms with van der Waals surface area (Å²) in [6.45, 7) is 1.73. The fourth-order valence-corrected chi connectivity index (χ4v) is 2.73. The molecule has 0 aliphatic heterocycles. The van der Waals surface area contributed by atoms with Crippen molar-refractivity contribution < 1.29 is 23.4 Å². The topological polar surface area (TPSA) is 66.5 Å². The van der Waals surface area contributed by atoms with E-state index in [-0.39, 0.29) is 12.5 Å². The van der Waals surface area contributed by atoms with Crippen molar-refractivity contribution in [2.75, 3.05) is 0 Å². The van der Waals surface area contributed by atoms with Crippen LogP contribution in [0.25, 0.3) is 0 Å². The maximum absolute atomic E-state index is 11.9. The molecule has 0 rings (SSSR count). The predicted molar refractivity (Wildman–Crippen MR) is 91.7 cm³/mol. The SMILES string of the molecule is C[C@H](N)C(O)CC(O)CCCCCCCCCCCCC(F)(F)F. The second-order valence-electron chi connectivity index (χ2n) is 7.01. The molecule has 0 aromatic heterocycles. The van der Waals surface area contributed by atoms with Crippen LogP contribution in [0.3, 0.4) is 0 Å². The van der Waals surface area contributed by atoms with E-state index in [9.17, 15) is 23.4 Å². The van der Waals surface area contributed by atoms with E-state index in [0.717, 1.165) is 51.4 Å². The smallest absolute Gasteiger partial charge is 0.389 e. The van der Waals surface area contributed by atoms with Gasteiger partial charge in [-0.05, 0) is 19.8 Å². The molecule has 4 N–H and O–H groups in total. The Bertz CT molecular complexity index is 286. The van der Waals surface area contributed by atoms with E-state index in [2.05, 4.69) is 0 Å². The molecule has 0 bridgehead atoms. The number of alkyl halides is 3. The van der Waals surface area contributed by atoms with E-state index in [1.807, 2.05) is 0 Å². The van der Waals surface area contributed by atoms with Gasteiger partial charge in [0.25, 0.3) is 0 Å². The van der Waals surface area contributed by atoms with Crippen molar-refractivity contribution in [2.45, 2.75) is 115 Å². The second-order valence-corrected chi connectivity index (χ2v) is 7.01. The third-order valence-corrected chi connectivity index (χ3v) is 4.37. The lowest BCUT2D eigenvalue weighted by Crippen LogP contribution is -2.34. The average Bonchev–Trinajstić information content (AvgIpc) is 2.47. The van der Waals surface area contributed by atoms with Gasteiger partial charge in [-0.3, -0.25) is 0 Å². The highest BCUT2D eigenvalue weighted by Gasteiger charge is 2.25. The first kappa shape index (κ1) is 23.7. The van der Waals surface area contributed by atoms with Gasteiger partial charge in [-0.25, -0.2) is 0 Å². The van der Waals surface area contributed by atoms with Crippen molar-refractivity contribution in [3.63, 3.8) is 0 Å². The summed E-state index contributed by atoms with van der Waals surface area (Å²) in [5.41, 5.74) is 5.55. The predicted octanol–water partition coefficient (Wildman–Crippen LogP) is 4.69. The standard InChI is InChI=1S/C18H36F3NO2/c1-15(22)17(24)14-16(23)12-10-8-6-4-2-3-5-7-9-11-13-18(19,20)21/h15-17,23-24H,2-14,22H2,1H3/t15-,16?,17?/m0/s1. The minimum absolute atomic E-state index is 0.253. The van der Waals surface area contributed by atoms with Gasteiger partial charge in [0.1, 0.15) is 0 Å². The van der Waals surface area contributed by atoms with E-state index < -0.39 is 24.8 Å². The molecule has 24 heavy (non-hydrogen) atoms. The van der Waals surface area contributed by atoms with Crippen molar-refractivity contribution in [1.29, 1.82) is 0 Å². The summed E-state index contributed by atoms with van der Waals surface area (Å²) < 4.78 is 35.8. The van der Waals surface area contributed by atoms with Gasteiger partial charge in [0, 0.05) is 18.9 Å². The molecule has 2 unspecified atom stereocenters. The molecule has 0 heterocycles. The first-order valence-electron chi connectivity index (χ1n) is 9.41. The molecule has 3 nitrogen and oxygen atoms in total. The minimum Gasteiger partial charge on any atom is -0.393 e. The number of rotatable bonds is 15. The zero-order chi connectivity index (χ0) is 18.4. The Morgan fingerprint density at radius 3 is 1.62 bits per heavy atom. The molecule has 0 aromatic rings. The van der Waals surface area contributed by atoms with Gasteiger partial charge in [-0.15, -0.1) is 0 Å². The highest BCUT2D eigenvalue weighted by molar-refractivity contribution is 4.70. The Hall–Kier alpha value is -0.330. The Morgan fingerprint density at radius 1 is 0.792 bits per heavy atom. The molecule has 0 aliphatic rings. The lowest BCUT2D eigenvalue weighted by Gasteiger charge is -2.18. The molecule has 0 saturated heterocycles. The zero-order valence-electron chi connectivity index (χ0n) is 15.0. The molecule has 0 aromatic carbocycles. The largest absolute Gasteiger partial charge is 0.393 e. The van der Waals surface area contributed by atoms with Gasteiger partial charge in [-0.2, -0.15) is 13.2 Å². The molecular formula is C18H36F3NO2. The minimum atomic E-state index is -4.01. The summed E-state index contributed by atoms with van der Waals surface area (Å²) in [6.07, 6.45) is 4.59. The van der Waals surface area contributed by atoms with Crippen LogP contribution in [0.15, 0.2) is 0 Å². The second kappa shape index (κ2) is 13.9. The van der Waals surface area contributed by atoms with E-state index in [0.29, 0.717) is 19.3 Å². The van der Waals surface area contributed by atoms with Crippen LogP contribution < -0.4 is 5.73 Å². The van der Waals surface area contributed by atoms with Gasteiger partial charge in [0.2, 0.25) is 0 Å². The highest BCUT2D eigenvalue weighted by Crippen LogP contribution is 2.23. The number of aliphatic hydroxyl groups excluding tert-OH is 2. The molecule has 0 saturated carbocycles. The average molecular weight is 355 g/mol. The number of halogens is 3. The Kier molecular flexibility index (Phi) is 13.7. The molecule has 0 radical (unpaired) electrons. The van der Waals surface area contributed by atoms with Crippen LogP contribution in [0, 0.1) is 0 Å². The Balaban J connectivity index is 3.25. The van der Waals surface area contributed by atoms with Crippen molar-refractivity contribution >= 4 is 0 Å². The number of aliphatic hydroxyl groups is 2. The van der Waals surface area contributed by atoms with Crippen molar-refractivity contribution in [1.82, 2.24) is 0 Å². The van der Waals surface area contributed by atoms with Crippen LogP contribution in [-0.2, 0) is 0 Å². The molecule has 146 valence electrons. The first-order valence-corrected chi connectivity index (χ1v) is 9.41. The summed E-state index contributed by atoms with van der Waals surface area (Å²) in [6, 6.07) is -0.312. The normalized spacial score (nSPS) is 16.1. The summed E-state index contributed by atoms with van der Waals surface area (Å²) in [5.74, 6) is 0. The fourth-order valence-electron chi connectivity index (χ4n) is 2.73. The monoisotopic (exact) mass is 355 g/mol.